The first-order chi connectivity index (χ1) is 8.74. The number of nitrogens with zero attached hydrogens (tertiary/aromatic N) is 2. The van der Waals surface area contributed by atoms with E-state index in [1.54, 1.807) is 20.4 Å². The van der Waals surface area contributed by atoms with E-state index in [0.717, 1.165) is 31.7 Å². The molecule has 2 heterocycles. The summed E-state index contributed by atoms with van der Waals surface area (Å²) in [5.74, 6) is 1.46. The van der Waals surface area contributed by atoms with Crippen molar-refractivity contribution in [1.82, 2.24) is 4.98 Å². The number of nitrogen functional groups attached to an aromatic ring is 1. The summed E-state index contributed by atoms with van der Waals surface area (Å²) in [6, 6.07) is 3.86. The normalized spacial score (nSPS) is 17.4. The van der Waals surface area contributed by atoms with E-state index in [1.165, 1.54) is 0 Å². The number of ether oxygens (including phenoxy) is 2. The molecule has 0 aliphatic carbocycles. The highest BCUT2D eigenvalue weighted by atomic mass is 16.7. The van der Waals surface area contributed by atoms with E-state index in [4.69, 9.17) is 15.2 Å². The first kappa shape index (κ1) is 13.1. The van der Waals surface area contributed by atoms with Gasteiger partial charge in [-0.05, 0) is 25.0 Å². The number of anilines is 2. The number of aromatic nitrogens is 1. The van der Waals surface area contributed by atoms with Gasteiger partial charge < -0.3 is 20.1 Å². The van der Waals surface area contributed by atoms with Crippen LogP contribution in [0.1, 0.15) is 12.8 Å². The Labute approximate surface area is 108 Å². The molecule has 0 saturated carbocycles. The average molecular weight is 251 g/mol. The van der Waals surface area contributed by atoms with Gasteiger partial charge in [-0.15, -0.1) is 0 Å². The Balaban J connectivity index is 1.92. The zero-order valence-electron chi connectivity index (χ0n) is 11.0. The molecule has 1 aliphatic rings. The summed E-state index contributed by atoms with van der Waals surface area (Å²) < 4.78 is 10.6. The quantitative estimate of drug-likeness (QED) is 0.822. The Kier molecular flexibility index (Phi) is 4.38. The lowest BCUT2D eigenvalue weighted by Crippen LogP contribution is -2.39. The molecule has 2 rings (SSSR count). The third-order valence-electron chi connectivity index (χ3n) is 3.48. The highest BCUT2D eigenvalue weighted by Gasteiger charge is 2.26. The summed E-state index contributed by atoms with van der Waals surface area (Å²) in [5.41, 5.74) is 6.34. The second kappa shape index (κ2) is 6.02. The van der Waals surface area contributed by atoms with Gasteiger partial charge in [0.1, 0.15) is 5.82 Å². The molecule has 0 amide bonds. The molecular formula is C13H21N3O2. The van der Waals surface area contributed by atoms with Crippen LogP contribution in [0.15, 0.2) is 18.3 Å². The molecule has 18 heavy (non-hydrogen) atoms. The minimum atomic E-state index is -0.0912. The third kappa shape index (κ3) is 2.91. The van der Waals surface area contributed by atoms with Gasteiger partial charge in [0.2, 0.25) is 0 Å². The van der Waals surface area contributed by atoms with Crippen LogP contribution in [0, 0.1) is 5.92 Å². The van der Waals surface area contributed by atoms with Gasteiger partial charge in [-0.1, -0.05) is 0 Å². The van der Waals surface area contributed by atoms with Gasteiger partial charge in [-0.3, -0.25) is 0 Å². The molecule has 1 aromatic heterocycles. The summed E-state index contributed by atoms with van der Waals surface area (Å²) >= 11 is 0. The highest BCUT2D eigenvalue weighted by Crippen LogP contribution is 2.25. The van der Waals surface area contributed by atoms with Gasteiger partial charge in [-0.25, -0.2) is 4.98 Å². The van der Waals surface area contributed by atoms with Crippen molar-refractivity contribution in [3.8, 4) is 0 Å². The molecule has 0 spiro atoms. The van der Waals surface area contributed by atoms with Gasteiger partial charge in [0.25, 0.3) is 0 Å². The fourth-order valence-electron chi connectivity index (χ4n) is 2.47. The second-order valence-corrected chi connectivity index (χ2v) is 4.61. The van der Waals surface area contributed by atoms with Crippen LogP contribution in [0.5, 0.6) is 0 Å². The molecule has 1 aliphatic heterocycles. The Morgan fingerprint density at radius 3 is 2.44 bits per heavy atom. The largest absolute Gasteiger partial charge is 0.397 e. The Bertz CT molecular complexity index is 357. The number of hydrogen-bond acceptors (Lipinski definition) is 5. The zero-order chi connectivity index (χ0) is 13.0. The number of pyridine rings is 1. The van der Waals surface area contributed by atoms with Crippen molar-refractivity contribution in [2.45, 2.75) is 19.1 Å². The van der Waals surface area contributed by atoms with Gasteiger partial charge in [0, 0.05) is 33.2 Å². The van der Waals surface area contributed by atoms with Gasteiger partial charge >= 0.3 is 0 Å². The Morgan fingerprint density at radius 2 is 1.94 bits per heavy atom. The molecule has 1 fully saturated rings. The van der Waals surface area contributed by atoms with E-state index in [-0.39, 0.29) is 6.29 Å². The zero-order valence-corrected chi connectivity index (χ0v) is 11.0. The van der Waals surface area contributed by atoms with Crippen LogP contribution >= 0.6 is 0 Å². The van der Waals surface area contributed by atoms with Crippen molar-refractivity contribution in [3.05, 3.63) is 18.3 Å². The minimum absolute atomic E-state index is 0.0912. The van der Waals surface area contributed by atoms with Crippen molar-refractivity contribution in [1.29, 1.82) is 0 Å². The van der Waals surface area contributed by atoms with E-state index in [1.807, 2.05) is 12.1 Å². The highest BCUT2D eigenvalue weighted by molar-refractivity contribution is 5.45. The lowest BCUT2D eigenvalue weighted by atomic mass is 9.96. The lowest BCUT2D eigenvalue weighted by molar-refractivity contribution is -0.141. The molecule has 0 aromatic carbocycles. The number of piperidine rings is 1. The number of nitrogens with two attached hydrogens (primary N) is 1. The summed E-state index contributed by atoms with van der Waals surface area (Å²) in [6.45, 7) is 1.95. The third-order valence-corrected chi connectivity index (χ3v) is 3.48. The molecule has 1 aromatic rings. The summed E-state index contributed by atoms with van der Waals surface area (Å²) in [7, 11) is 3.39. The monoisotopic (exact) mass is 251 g/mol. The van der Waals surface area contributed by atoms with E-state index in [0.29, 0.717) is 11.6 Å². The molecule has 5 heteroatoms. The van der Waals surface area contributed by atoms with E-state index < -0.39 is 0 Å². The van der Waals surface area contributed by atoms with E-state index in [9.17, 15) is 0 Å². The van der Waals surface area contributed by atoms with Crippen molar-refractivity contribution in [2.24, 2.45) is 5.92 Å². The Hall–Kier alpha value is -1.33. The first-order valence-electron chi connectivity index (χ1n) is 6.26. The van der Waals surface area contributed by atoms with Crippen molar-refractivity contribution < 1.29 is 9.47 Å². The van der Waals surface area contributed by atoms with E-state index >= 15 is 0 Å². The molecule has 0 radical (unpaired) electrons. The standard InChI is InChI=1S/C13H21N3O2/c1-17-13(18-2)10-5-7-16(8-6-10)12-4-3-11(14)9-15-12/h3-4,9-10,13H,5-8,14H2,1-2H3. The molecule has 1 saturated heterocycles. The fraction of sp³-hybridized carbons (Fsp3) is 0.615. The minimum Gasteiger partial charge on any atom is -0.397 e. The van der Waals surface area contributed by atoms with E-state index in [2.05, 4.69) is 9.88 Å². The van der Waals surface area contributed by atoms with Crippen molar-refractivity contribution in [3.63, 3.8) is 0 Å². The fourth-order valence-corrected chi connectivity index (χ4v) is 2.47. The summed E-state index contributed by atoms with van der Waals surface area (Å²) in [4.78, 5) is 6.63. The Morgan fingerprint density at radius 1 is 1.28 bits per heavy atom. The van der Waals surface area contributed by atoms with Gasteiger partial charge in [0.05, 0.1) is 11.9 Å². The number of hydrogen-bond donors (Lipinski definition) is 1. The van der Waals surface area contributed by atoms with Crippen molar-refractivity contribution in [2.75, 3.05) is 37.9 Å². The van der Waals surface area contributed by atoms with Crippen LogP contribution in [-0.4, -0.2) is 38.6 Å². The number of rotatable bonds is 4. The smallest absolute Gasteiger partial charge is 0.159 e. The predicted octanol–water partition coefficient (Wildman–Crippen LogP) is 1.50. The van der Waals surface area contributed by atoms with Crippen LogP contribution < -0.4 is 10.6 Å². The topological polar surface area (TPSA) is 60.6 Å². The van der Waals surface area contributed by atoms with Crippen LogP contribution in [0.2, 0.25) is 0 Å². The first-order valence-corrected chi connectivity index (χ1v) is 6.26. The summed E-state index contributed by atoms with van der Waals surface area (Å²) in [6.07, 6.45) is 3.72. The molecule has 100 valence electrons. The molecule has 0 unspecified atom stereocenters. The molecular weight excluding hydrogens is 230 g/mol. The van der Waals surface area contributed by atoms with Crippen molar-refractivity contribution >= 4 is 11.5 Å². The molecule has 0 atom stereocenters. The summed E-state index contributed by atoms with van der Waals surface area (Å²) in [5, 5.41) is 0. The van der Waals surface area contributed by atoms with Crippen LogP contribution in [0.25, 0.3) is 0 Å². The maximum absolute atomic E-state index is 5.64. The molecule has 0 bridgehead atoms. The van der Waals surface area contributed by atoms with Gasteiger partial charge in [0.15, 0.2) is 6.29 Å². The van der Waals surface area contributed by atoms with Gasteiger partial charge in [-0.2, -0.15) is 0 Å². The van der Waals surface area contributed by atoms with Crippen LogP contribution in [0.3, 0.4) is 0 Å². The SMILES string of the molecule is COC(OC)C1CCN(c2ccc(N)cn2)CC1. The maximum Gasteiger partial charge on any atom is 0.159 e. The van der Waals surface area contributed by atoms with Crippen LogP contribution in [0.4, 0.5) is 11.5 Å². The predicted molar refractivity (Wildman–Crippen MR) is 71.4 cm³/mol. The second-order valence-electron chi connectivity index (χ2n) is 4.61. The number of methoxy groups -OCH3 is 2. The maximum atomic E-state index is 5.64. The average Bonchev–Trinajstić information content (AvgIpc) is 2.42. The molecule has 5 nitrogen and oxygen atoms in total. The lowest BCUT2D eigenvalue weighted by Gasteiger charge is -2.35. The molecule has 2 N–H and O–H groups in total. The van der Waals surface area contributed by atoms with Crippen LogP contribution in [-0.2, 0) is 9.47 Å².